The predicted octanol–water partition coefficient (Wildman–Crippen LogP) is 5.01. The summed E-state index contributed by atoms with van der Waals surface area (Å²) >= 11 is 0. The lowest BCUT2D eigenvalue weighted by Crippen LogP contribution is -2.39. The molecule has 36 heavy (non-hydrogen) atoms. The largest absolute Gasteiger partial charge is 0.489 e. The Morgan fingerprint density at radius 2 is 2.00 bits per heavy atom. The Labute approximate surface area is 204 Å². The van der Waals surface area contributed by atoms with Crippen molar-refractivity contribution in [3.05, 3.63) is 66.9 Å². The first kappa shape index (κ1) is 22.3. The Bertz CT molecular complexity index is 1600. The van der Waals surface area contributed by atoms with Crippen LogP contribution in [0.2, 0.25) is 0 Å². The zero-order valence-corrected chi connectivity index (χ0v) is 19.6. The summed E-state index contributed by atoms with van der Waals surface area (Å²) in [4.78, 5) is 12.8. The molecule has 4 heterocycles. The highest BCUT2D eigenvalue weighted by Gasteiger charge is 2.28. The molecule has 182 valence electrons. The molecule has 0 radical (unpaired) electrons. The number of anilines is 2. The third-order valence-corrected chi connectivity index (χ3v) is 6.41. The lowest BCUT2D eigenvalue weighted by Gasteiger charge is -2.32. The van der Waals surface area contributed by atoms with E-state index in [-0.39, 0.29) is 28.6 Å². The molecule has 1 N–H and O–H groups in total. The fraction of sp³-hybridized carbons (Fsp3) is 0.231. The second kappa shape index (κ2) is 8.80. The van der Waals surface area contributed by atoms with Gasteiger partial charge in [0, 0.05) is 42.4 Å². The number of pyridine rings is 1. The SMILES string of the molecule is C[C@@H](Oc1cc(-c2cnn(C)c2)cc2ncnc(Nc3cc(F)c4ncccc4c3F)c12)C1COC1. The van der Waals surface area contributed by atoms with Crippen molar-refractivity contribution in [3.8, 4) is 16.9 Å². The van der Waals surface area contributed by atoms with Gasteiger partial charge >= 0.3 is 0 Å². The van der Waals surface area contributed by atoms with Gasteiger partial charge in [-0.2, -0.15) is 5.10 Å². The molecular weight excluding hydrogens is 466 g/mol. The van der Waals surface area contributed by atoms with Crippen molar-refractivity contribution in [2.24, 2.45) is 13.0 Å². The van der Waals surface area contributed by atoms with E-state index in [1.54, 1.807) is 16.9 Å². The highest BCUT2D eigenvalue weighted by atomic mass is 19.1. The second-order valence-electron chi connectivity index (χ2n) is 8.86. The van der Waals surface area contributed by atoms with Gasteiger partial charge in [0.2, 0.25) is 0 Å². The first-order valence-electron chi connectivity index (χ1n) is 11.5. The maximum Gasteiger partial charge on any atom is 0.156 e. The summed E-state index contributed by atoms with van der Waals surface area (Å²) in [6, 6.07) is 7.92. The van der Waals surface area contributed by atoms with Gasteiger partial charge in [0.1, 0.15) is 29.5 Å². The number of hydrogen-bond acceptors (Lipinski definition) is 7. The van der Waals surface area contributed by atoms with E-state index in [9.17, 15) is 4.39 Å². The summed E-state index contributed by atoms with van der Waals surface area (Å²) in [7, 11) is 1.84. The summed E-state index contributed by atoms with van der Waals surface area (Å²) in [5.41, 5.74) is 2.25. The van der Waals surface area contributed by atoms with Crippen LogP contribution in [0.4, 0.5) is 20.3 Å². The predicted molar refractivity (Wildman–Crippen MR) is 131 cm³/mol. The number of rotatable bonds is 6. The molecular formula is C26H22F2N6O2. The number of fused-ring (bicyclic) bond motifs is 2. The summed E-state index contributed by atoms with van der Waals surface area (Å²) in [6.45, 7) is 3.23. The van der Waals surface area contributed by atoms with E-state index in [1.165, 1.54) is 18.6 Å². The van der Waals surface area contributed by atoms with Crippen LogP contribution in [0.15, 0.2) is 55.2 Å². The van der Waals surface area contributed by atoms with E-state index < -0.39 is 11.6 Å². The molecule has 0 unspecified atom stereocenters. The van der Waals surface area contributed by atoms with Gasteiger partial charge in [0.05, 0.1) is 36.0 Å². The van der Waals surface area contributed by atoms with Gasteiger partial charge in [-0.3, -0.25) is 9.67 Å². The van der Waals surface area contributed by atoms with Crippen LogP contribution in [0.3, 0.4) is 0 Å². The molecule has 3 aromatic heterocycles. The Morgan fingerprint density at radius 1 is 1.14 bits per heavy atom. The number of aromatic nitrogens is 5. The smallest absolute Gasteiger partial charge is 0.156 e. The van der Waals surface area contributed by atoms with Crippen LogP contribution < -0.4 is 10.1 Å². The van der Waals surface area contributed by atoms with Crippen molar-refractivity contribution in [3.63, 3.8) is 0 Å². The molecule has 0 bridgehead atoms. The molecule has 0 aliphatic carbocycles. The van der Waals surface area contributed by atoms with Gasteiger partial charge in [-0.05, 0) is 36.8 Å². The number of halogens is 2. The average molecular weight is 488 g/mol. The number of nitrogens with one attached hydrogen (secondary N) is 1. The lowest BCUT2D eigenvalue weighted by molar-refractivity contribution is -0.0773. The van der Waals surface area contributed by atoms with E-state index in [2.05, 4.69) is 25.4 Å². The third-order valence-electron chi connectivity index (χ3n) is 6.41. The first-order valence-corrected chi connectivity index (χ1v) is 11.5. The lowest BCUT2D eigenvalue weighted by atomic mass is 10.0. The Morgan fingerprint density at radius 3 is 2.75 bits per heavy atom. The zero-order valence-electron chi connectivity index (χ0n) is 19.6. The van der Waals surface area contributed by atoms with Gasteiger partial charge in [-0.1, -0.05) is 0 Å². The topological polar surface area (TPSA) is 87.0 Å². The maximum absolute atomic E-state index is 15.3. The molecule has 6 rings (SSSR count). The van der Waals surface area contributed by atoms with Crippen LogP contribution in [-0.4, -0.2) is 44.1 Å². The minimum Gasteiger partial charge on any atom is -0.489 e. The highest BCUT2D eigenvalue weighted by molar-refractivity contribution is 5.99. The van der Waals surface area contributed by atoms with Crippen LogP contribution in [-0.2, 0) is 11.8 Å². The molecule has 1 aliphatic rings. The third kappa shape index (κ3) is 3.89. The van der Waals surface area contributed by atoms with E-state index in [1.807, 2.05) is 32.3 Å². The Balaban J connectivity index is 1.49. The fourth-order valence-electron chi connectivity index (χ4n) is 4.29. The standard InChI is InChI=1S/C26H22F2N6O2/c1-14(17-11-35-12-17)36-22-7-15(16-9-32-34(2)10-16)6-20-23(22)26(31-13-30-20)33-21-8-19(27)25-18(24(21)28)4-3-5-29-25/h3-10,13-14,17H,11-12H2,1-2H3,(H,30,31,33)/t14-/m1/s1. The maximum atomic E-state index is 15.3. The van der Waals surface area contributed by atoms with Crippen molar-refractivity contribution >= 4 is 33.3 Å². The van der Waals surface area contributed by atoms with E-state index >= 15 is 4.39 Å². The van der Waals surface area contributed by atoms with Crippen LogP contribution >= 0.6 is 0 Å². The normalized spacial score (nSPS) is 14.7. The molecule has 1 aliphatic heterocycles. The van der Waals surface area contributed by atoms with Gasteiger partial charge in [0.15, 0.2) is 11.6 Å². The van der Waals surface area contributed by atoms with E-state index in [4.69, 9.17) is 9.47 Å². The van der Waals surface area contributed by atoms with Crippen molar-refractivity contribution < 1.29 is 18.3 Å². The van der Waals surface area contributed by atoms with Crippen LogP contribution in [0.5, 0.6) is 5.75 Å². The molecule has 10 heteroatoms. The molecule has 2 aromatic carbocycles. The molecule has 1 atom stereocenters. The quantitative estimate of drug-likeness (QED) is 0.359. The minimum absolute atomic E-state index is 0.0326. The number of benzene rings is 2. The summed E-state index contributed by atoms with van der Waals surface area (Å²) < 4.78 is 43.5. The van der Waals surface area contributed by atoms with Crippen LogP contribution in [0.1, 0.15) is 6.92 Å². The molecule has 8 nitrogen and oxygen atoms in total. The average Bonchev–Trinajstić information content (AvgIpc) is 3.27. The second-order valence-corrected chi connectivity index (χ2v) is 8.86. The Hall–Kier alpha value is -4.18. The number of hydrogen-bond donors (Lipinski definition) is 1. The van der Waals surface area contributed by atoms with Crippen LogP contribution in [0.25, 0.3) is 32.9 Å². The number of nitrogens with zero attached hydrogens (tertiary/aromatic N) is 5. The number of ether oxygens (including phenoxy) is 2. The van der Waals surface area contributed by atoms with Gasteiger partial charge in [0.25, 0.3) is 0 Å². The highest BCUT2D eigenvalue weighted by Crippen LogP contribution is 2.38. The number of aryl methyl sites for hydroxylation is 1. The fourth-order valence-corrected chi connectivity index (χ4v) is 4.29. The molecule has 1 fully saturated rings. The first-order chi connectivity index (χ1) is 17.5. The summed E-state index contributed by atoms with van der Waals surface area (Å²) in [5, 5.41) is 7.86. The summed E-state index contributed by atoms with van der Waals surface area (Å²) in [5.74, 6) is -0.186. The van der Waals surface area contributed by atoms with E-state index in [0.29, 0.717) is 35.7 Å². The zero-order chi connectivity index (χ0) is 24.8. The monoisotopic (exact) mass is 488 g/mol. The van der Waals surface area contributed by atoms with Crippen molar-refractivity contribution in [1.29, 1.82) is 0 Å². The van der Waals surface area contributed by atoms with Crippen molar-refractivity contribution in [2.75, 3.05) is 18.5 Å². The van der Waals surface area contributed by atoms with Gasteiger partial charge < -0.3 is 14.8 Å². The molecule has 1 saturated heterocycles. The Kier molecular flexibility index (Phi) is 5.45. The molecule has 0 saturated carbocycles. The van der Waals surface area contributed by atoms with Crippen LogP contribution in [0, 0.1) is 17.6 Å². The summed E-state index contributed by atoms with van der Waals surface area (Å²) in [6.07, 6.45) is 6.32. The van der Waals surface area contributed by atoms with E-state index in [0.717, 1.165) is 17.2 Å². The van der Waals surface area contributed by atoms with Gasteiger partial charge in [-0.25, -0.2) is 18.7 Å². The molecule has 0 amide bonds. The minimum atomic E-state index is -0.637. The molecule has 5 aromatic rings. The van der Waals surface area contributed by atoms with Crippen molar-refractivity contribution in [1.82, 2.24) is 24.7 Å². The molecule has 0 spiro atoms. The van der Waals surface area contributed by atoms with Gasteiger partial charge in [-0.15, -0.1) is 0 Å². The van der Waals surface area contributed by atoms with Crippen molar-refractivity contribution in [2.45, 2.75) is 13.0 Å².